The zero-order valence-electron chi connectivity index (χ0n) is 8.49. The fourth-order valence-electron chi connectivity index (χ4n) is 1.02. The minimum absolute atomic E-state index is 0.308. The van der Waals surface area contributed by atoms with Crippen LogP contribution in [-0.2, 0) is 4.79 Å². The highest BCUT2D eigenvalue weighted by atomic mass is 35.5. The summed E-state index contributed by atoms with van der Waals surface area (Å²) in [6.45, 7) is 1.48. The summed E-state index contributed by atoms with van der Waals surface area (Å²) in [5.74, 6) is -1.23. The lowest BCUT2D eigenvalue weighted by atomic mass is 10.1. The fourth-order valence-corrected chi connectivity index (χ4v) is 1.19. The molecule has 0 saturated heterocycles. The Balaban J connectivity index is 2.98. The zero-order chi connectivity index (χ0) is 12.1. The van der Waals surface area contributed by atoms with Gasteiger partial charge >= 0.3 is 0 Å². The Kier molecular flexibility index (Phi) is 3.88. The fraction of sp³-hybridized carbons (Fsp3) is 0.182. The van der Waals surface area contributed by atoms with Crippen LogP contribution in [0.3, 0.4) is 0 Å². The number of hydrogen-bond acceptors (Lipinski definition) is 3. The van der Waals surface area contributed by atoms with E-state index in [0.717, 1.165) is 0 Å². The van der Waals surface area contributed by atoms with Gasteiger partial charge < -0.3 is 5.32 Å². The molecule has 0 aliphatic rings. The van der Waals surface area contributed by atoms with Crippen molar-refractivity contribution in [2.45, 2.75) is 6.92 Å². The highest BCUT2D eigenvalue weighted by Gasteiger charge is 2.13. The molecule has 16 heavy (non-hydrogen) atoms. The largest absolute Gasteiger partial charge is 0.324 e. The summed E-state index contributed by atoms with van der Waals surface area (Å²) in [5.41, 5.74) is 0.630. The van der Waals surface area contributed by atoms with Gasteiger partial charge in [-0.15, -0.1) is 0 Å². The van der Waals surface area contributed by atoms with Crippen molar-refractivity contribution in [1.29, 1.82) is 10.5 Å². The van der Waals surface area contributed by atoms with E-state index in [0.29, 0.717) is 16.3 Å². The van der Waals surface area contributed by atoms with Crippen LogP contribution in [0.15, 0.2) is 18.2 Å². The third kappa shape index (κ3) is 2.73. The normalized spacial score (nSPS) is 11.0. The minimum Gasteiger partial charge on any atom is -0.324 e. The second-order valence-corrected chi connectivity index (χ2v) is 3.58. The van der Waals surface area contributed by atoms with Crippen LogP contribution < -0.4 is 5.32 Å². The number of rotatable bonds is 2. The standard InChI is InChI=1S/C11H8ClN3O/c1-7(5-13)11(16)15-10-4-9(12)3-2-8(10)6-14/h2-4,7H,1H3,(H,15,16). The van der Waals surface area contributed by atoms with Crippen molar-refractivity contribution in [2.75, 3.05) is 5.32 Å². The lowest BCUT2D eigenvalue weighted by molar-refractivity contribution is -0.117. The second-order valence-electron chi connectivity index (χ2n) is 3.14. The number of carbonyl (C=O) groups is 1. The molecule has 1 N–H and O–H groups in total. The molecule has 1 amide bonds. The molecule has 1 unspecified atom stereocenters. The molecule has 1 atom stereocenters. The van der Waals surface area contributed by atoms with Crippen LogP contribution >= 0.6 is 11.6 Å². The number of nitrogens with zero attached hydrogens (tertiary/aromatic N) is 2. The molecule has 4 nitrogen and oxygen atoms in total. The van der Waals surface area contributed by atoms with E-state index in [9.17, 15) is 4.79 Å². The van der Waals surface area contributed by atoms with Crippen molar-refractivity contribution in [3.63, 3.8) is 0 Å². The van der Waals surface area contributed by atoms with E-state index in [1.165, 1.54) is 19.1 Å². The number of anilines is 1. The molecule has 0 heterocycles. The van der Waals surface area contributed by atoms with Crippen LogP contribution in [0.1, 0.15) is 12.5 Å². The summed E-state index contributed by atoms with van der Waals surface area (Å²) in [6.07, 6.45) is 0. The summed E-state index contributed by atoms with van der Waals surface area (Å²) in [7, 11) is 0. The van der Waals surface area contributed by atoms with Gasteiger partial charge in [0.1, 0.15) is 12.0 Å². The average molecular weight is 234 g/mol. The van der Waals surface area contributed by atoms with Crippen molar-refractivity contribution >= 4 is 23.2 Å². The van der Waals surface area contributed by atoms with Crippen LogP contribution in [-0.4, -0.2) is 5.91 Å². The summed E-state index contributed by atoms with van der Waals surface area (Å²) >= 11 is 5.74. The van der Waals surface area contributed by atoms with Gasteiger partial charge in [-0.1, -0.05) is 11.6 Å². The molecule has 5 heteroatoms. The van der Waals surface area contributed by atoms with Crippen molar-refractivity contribution in [3.05, 3.63) is 28.8 Å². The van der Waals surface area contributed by atoms with Crippen LogP contribution in [0.2, 0.25) is 5.02 Å². The van der Waals surface area contributed by atoms with Crippen LogP contribution in [0.5, 0.6) is 0 Å². The number of nitrogens with one attached hydrogen (secondary N) is 1. The zero-order valence-corrected chi connectivity index (χ0v) is 9.25. The maximum atomic E-state index is 11.4. The second kappa shape index (κ2) is 5.16. The Hall–Kier alpha value is -2.04. The molecule has 0 saturated carbocycles. The maximum absolute atomic E-state index is 11.4. The van der Waals surface area contributed by atoms with Crippen molar-refractivity contribution in [2.24, 2.45) is 5.92 Å². The van der Waals surface area contributed by atoms with E-state index in [-0.39, 0.29) is 0 Å². The van der Waals surface area contributed by atoms with Gasteiger partial charge in [-0.2, -0.15) is 10.5 Å². The van der Waals surface area contributed by atoms with Gasteiger partial charge in [0, 0.05) is 5.02 Å². The molecule has 0 fully saturated rings. The molecule has 1 aromatic carbocycles. The molecule has 0 aliphatic heterocycles. The van der Waals surface area contributed by atoms with Crippen molar-refractivity contribution in [3.8, 4) is 12.1 Å². The summed E-state index contributed by atoms with van der Waals surface area (Å²) < 4.78 is 0. The minimum atomic E-state index is -0.773. The first-order valence-electron chi connectivity index (χ1n) is 4.48. The molecule has 0 radical (unpaired) electrons. The van der Waals surface area contributed by atoms with Gasteiger partial charge in [-0.05, 0) is 25.1 Å². The van der Waals surface area contributed by atoms with Gasteiger partial charge in [0.2, 0.25) is 5.91 Å². The van der Waals surface area contributed by atoms with Gasteiger partial charge in [-0.3, -0.25) is 4.79 Å². The number of hydrogen-bond donors (Lipinski definition) is 1. The molecular formula is C11H8ClN3O. The number of benzene rings is 1. The van der Waals surface area contributed by atoms with E-state index >= 15 is 0 Å². The predicted molar refractivity (Wildman–Crippen MR) is 59.6 cm³/mol. The van der Waals surface area contributed by atoms with Gasteiger partial charge in [0.25, 0.3) is 0 Å². The summed E-state index contributed by atoms with van der Waals surface area (Å²) in [6, 6.07) is 8.28. The Morgan fingerprint density at radius 3 is 2.75 bits per heavy atom. The molecule has 0 aromatic heterocycles. The number of carbonyl (C=O) groups excluding carboxylic acids is 1. The monoisotopic (exact) mass is 233 g/mol. The van der Waals surface area contributed by atoms with Gasteiger partial charge in [0.05, 0.1) is 17.3 Å². The van der Waals surface area contributed by atoms with Crippen molar-refractivity contribution < 1.29 is 4.79 Å². The van der Waals surface area contributed by atoms with E-state index in [2.05, 4.69) is 5.32 Å². The van der Waals surface area contributed by atoms with Gasteiger partial charge in [-0.25, -0.2) is 0 Å². The maximum Gasteiger partial charge on any atom is 0.241 e. The highest BCUT2D eigenvalue weighted by molar-refractivity contribution is 6.31. The van der Waals surface area contributed by atoms with E-state index in [1.807, 2.05) is 12.1 Å². The molecule has 1 aromatic rings. The Morgan fingerprint density at radius 1 is 1.50 bits per heavy atom. The van der Waals surface area contributed by atoms with Crippen LogP contribution in [0.4, 0.5) is 5.69 Å². The first kappa shape index (κ1) is 12.0. The molecule has 0 spiro atoms. The smallest absolute Gasteiger partial charge is 0.241 e. The SMILES string of the molecule is CC(C#N)C(=O)Nc1cc(Cl)ccc1C#N. The Morgan fingerprint density at radius 2 is 2.19 bits per heavy atom. The third-order valence-corrected chi connectivity index (χ3v) is 2.18. The van der Waals surface area contributed by atoms with Crippen LogP contribution in [0.25, 0.3) is 0 Å². The number of amides is 1. The molecule has 0 bridgehead atoms. The summed E-state index contributed by atoms with van der Waals surface area (Å²) in [4.78, 5) is 11.4. The number of halogens is 1. The van der Waals surface area contributed by atoms with E-state index < -0.39 is 11.8 Å². The van der Waals surface area contributed by atoms with E-state index in [1.54, 1.807) is 6.07 Å². The first-order chi connectivity index (χ1) is 7.58. The Bertz CT molecular complexity index is 499. The topological polar surface area (TPSA) is 76.7 Å². The quantitative estimate of drug-likeness (QED) is 0.852. The highest BCUT2D eigenvalue weighted by Crippen LogP contribution is 2.20. The summed E-state index contributed by atoms with van der Waals surface area (Å²) in [5, 5.41) is 20.3. The molecule has 1 rings (SSSR count). The number of nitriles is 2. The third-order valence-electron chi connectivity index (χ3n) is 1.95. The molecular weight excluding hydrogens is 226 g/mol. The predicted octanol–water partition coefficient (Wildman–Crippen LogP) is 2.31. The Labute approximate surface area is 98.1 Å². The van der Waals surface area contributed by atoms with E-state index in [4.69, 9.17) is 22.1 Å². The lowest BCUT2D eigenvalue weighted by Crippen LogP contribution is -2.19. The lowest BCUT2D eigenvalue weighted by Gasteiger charge is -2.08. The van der Waals surface area contributed by atoms with Gasteiger partial charge in [0.15, 0.2) is 0 Å². The first-order valence-corrected chi connectivity index (χ1v) is 4.86. The molecule has 80 valence electrons. The van der Waals surface area contributed by atoms with Crippen LogP contribution in [0, 0.1) is 28.6 Å². The molecule has 0 aliphatic carbocycles. The van der Waals surface area contributed by atoms with Crippen molar-refractivity contribution in [1.82, 2.24) is 0 Å². The average Bonchev–Trinajstić information content (AvgIpc) is 2.28.